The van der Waals surface area contributed by atoms with Crippen LogP contribution in [0.3, 0.4) is 0 Å². The van der Waals surface area contributed by atoms with Crippen LogP contribution in [0.15, 0.2) is 24.3 Å². The minimum Gasteiger partial charge on any atom is -0.355 e. The zero-order chi connectivity index (χ0) is 16.5. The van der Waals surface area contributed by atoms with Gasteiger partial charge in [-0.2, -0.15) is 0 Å². The van der Waals surface area contributed by atoms with E-state index in [0.717, 1.165) is 26.1 Å². The molecule has 1 heterocycles. The van der Waals surface area contributed by atoms with E-state index in [1.165, 1.54) is 37.5 Å². The highest BCUT2D eigenvalue weighted by Crippen LogP contribution is 2.08. The number of likely N-dealkylation sites (tertiary alicyclic amines) is 1. The van der Waals surface area contributed by atoms with Crippen LogP contribution < -0.4 is 10.6 Å². The van der Waals surface area contributed by atoms with Crippen molar-refractivity contribution in [1.82, 2.24) is 15.5 Å². The highest BCUT2D eigenvalue weighted by Gasteiger charge is 2.12. The largest absolute Gasteiger partial charge is 0.355 e. The molecular formula is C17H24FN3O2. The van der Waals surface area contributed by atoms with Gasteiger partial charge in [-0.15, -0.1) is 0 Å². The number of carbonyl (C=O) groups is 2. The summed E-state index contributed by atoms with van der Waals surface area (Å²) in [4.78, 5) is 25.9. The number of hydrogen-bond donors (Lipinski definition) is 2. The number of nitrogens with zero attached hydrogens (tertiary/aromatic N) is 1. The number of amides is 2. The molecule has 0 unspecified atom stereocenters. The normalized spacial score (nSPS) is 15.2. The van der Waals surface area contributed by atoms with Crippen LogP contribution in [0.5, 0.6) is 0 Å². The molecule has 126 valence electrons. The van der Waals surface area contributed by atoms with Gasteiger partial charge in [0.15, 0.2) is 0 Å². The fourth-order valence-electron chi connectivity index (χ4n) is 2.68. The molecule has 0 atom stereocenters. The summed E-state index contributed by atoms with van der Waals surface area (Å²) < 4.78 is 13.4. The summed E-state index contributed by atoms with van der Waals surface area (Å²) in [5.74, 6) is -1.42. The number of halogens is 1. The lowest BCUT2D eigenvalue weighted by molar-refractivity contribution is -0.120. The average Bonchev–Trinajstić information content (AvgIpc) is 2.58. The quantitative estimate of drug-likeness (QED) is 0.749. The second kappa shape index (κ2) is 9.25. The van der Waals surface area contributed by atoms with Gasteiger partial charge in [0.1, 0.15) is 5.82 Å². The lowest BCUT2D eigenvalue weighted by Gasteiger charge is -2.26. The van der Waals surface area contributed by atoms with E-state index < -0.39 is 11.7 Å². The summed E-state index contributed by atoms with van der Waals surface area (Å²) in [5, 5.41) is 5.20. The monoisotopic (exact) mass is 321 g/mol. The molecule has 0 aromatic heterocycles. The molecule has 23 heavy (non-hydrogen) atoms. The van der Waals surface area contributed by atoms with Gasteiger partial charge >= 0.3 is 0 Å². The third kappa shape index (κ3) is 5.98. The second-order valence-corrected chi connectivity index (χ2v) is 5.77. The van der Waals surface area contributed by atoms with Gasteiger partial charge in [0, 0.05) is 6.54 Å². The Morgan fingerprint density at radius 2 is 1.83 bits per heavy atom. The molecule has 1 aliphatic heterocycles. The van der Waals surface area contributed by atoms with Crippen LogP contribution >= 0.6 is 0 Å². The zero-order valence-electron chi connectivity index (χ0n) is 13.3. The van der Waals surface area contributed by atoms with E-state index in [1.807, 2.05) is 0 Å². The first-order chi connectivity index (χ1) is 11.2. The first kappa shape index (κ1) is 17.4. The van der Waals surface area contributed by atoms with Crippen molar-refractivity contribution in [1.29, 1.82) is 0 Å². The fraction of sp³-hybridized carbons (Fsp3) is 0.529. The topological polar surface area (TPSA) is 61.4 Å². The maximum absolute atomic E-state index is 13.4. The lowest BCUT2D eigenvalue weighted by Crippen LogP contribution is -2.38. The summed E-state index contributed by atoms with van der Waals surface area (Å²) in [6.07, 6.45) is 4.73. The van der Waals surface area contributed by atoms with Gasteiger partial charge in [-0.1, -0.05) is 18.6 Å². The summed E-state index contributed by atoms with van der Waals surface area (Å²) >= 11 is 0. The minimum atomic E-state index is -0.591. The number of nitrogens with one attached hydrogen (secondary N) is 2. The van der Waals surface area contributed by atoms with E-state index in [-0.39, 0.29) is 18.0 Å². The Balaban J connectivity index is 1.59. The maximum Gasteiger partial charge on any atom is 0.254 e. The first-order valence-corrected chi connectivity index (χ1v) is 8.18. The Bertz CT molecular complexity index is 530. The summed E-state index contributed by atoms with van der Waals surface area (Å²) in [6.45, 7) is 3.73. The molecule has 0 aliphatic carbocycles. The Morgan fingerprint density at radius 3 is 2.57 bits per heavy atom. The molecule has 2 amide bonds. The third-order valence-electron chi connectivity index (χ3n) is 3.95. The van der Waals surface area contributed by atoms with Crippen molar-refractivity contribution in [2.24, 2.45) is 0 Å². The Labute approximate surface area is 136 Å². The van der Waals surface area contributed by atoms with E-state index in [4.69, 9.17) is 0 Å². The molecule has 1 aliphatic rings. The van der Waals surface area contributed by atoms with Crippen LogP contribution in [-0.2, 0) is 4.79 Å². The lowest BCUT2D eigenvalue weighted by atomic mass is 10.1. The van der Waals surface area contributed by atoms with Crippen molar-refractivity contribution in [3.8, 4) is 0 Å². The van der Waals surface area contributed by atoms with Gasteiger partial charge in [0.2, 0.25) is 5.91 Å². The van der Waals surface area contributed by atoms with Crippen molar-refractivity contribution < 1.29 is 14.0 Å². The highest BCUT2D eigenvalue weighted by atomic mass is 19.1. The average molecular weight is 321 g/mol. The first-order valence-electron chi connectivity index (χ1n) is 8.18. The van der Waals surface area contributed by atoms with Crippen molar-refractivity contribution in [2.75, 3.05) is 32.7 Å². The molecule has 1 aromatic carbocycles. The SMILES string of the molecule is O=C(CNC(=O)c1ccccc1F)NCCCN1CCCCC1. The summed E-state index contributed by atoms with van der Waals surface area (Å²) in [5.41, 5.74) is -0.0506. The molecule has 1 fully saturated rings. The molecule has 0 saturated carbocycles. The molecule has 5 nitrogen and oxygen atoms in total. The molecule has 6 heteroatoms. The van der Waals surface area contributed by atoms with Gasteiger partial charge in [0.25, 0.3) is 5.91 Å². The number of carbonyl (C=O) groups excluding carboxylic acids is 2. The number of benzene rings is 1. The molecule has 1 aromatic rings. The van der Waals surface area contributed by atoms with Gasteiger partial charge in [0.05, 0.1) is 12.1 Å². The molecule has 2 N–H and O–H groups in total. The number of piperidine rings is 1. The number of hydrogen-bond acceptors (Lipinski definition) is 3. The van der Waals surface area contributed by atoms with Gasteiger partial charge < -0.3 is 15.5 Å². The molecule has 0 spiro atoms. The standard InChI is InChI=1S/C17H24FN3O2/c18-15-8-3-2-7-14(15)17(23)20-13-16(22)19-9-6-12-21-10-4-1-5-11-21/h2-3,7-8H,1,4-6,9-13H2,(H,19,22)(H,20,23). The molecular weight excluding hydrogens is 297 g/mol. The van der Waals surface area contributed by atoms with Crippen LogP contribution in [0, 0.1) is 5.82 Å². The zero-order valence-corrected chi connectivity index (χ0v) is 13.3. The van der Waals surface area contributed by atoms with Gasteiger partial charge in [-0.3, -0.25) is 9.59 Å². The van der Waals surface area contributed by atoms with E-state index >= 15 is 0 Å². The maximum atomic E-state index is 13.4. The van der Waals surface area contributed by atoms with Crippen molar-refractivity contribution in [3.63, 3.8) is 0 Å². The predicted octanol–water partition coefficient (Wildman–Crippen LogP) is 1.55. The summed E-state index contributed by atoms with van der Waals surface area (Å²) in [6, 6.07) is 5.70. The van der Waals surface area contributed by atoms with Crippen LogP contribution in [0.1, 0.15) is 36.0 Å². The van der Waals surface area contributed by atoms with Crippen LogP contribution in [0.2, 0.25) is 0 Å². The molecule has 2 rings (SSSR count). The van der Waals surface area contributed by atoms with E-state index in [2.05, 4.69) is 15.5 Å². The Hall–Kier alpha value is -1.95. The van der Waals surface area contributed by atoms with Crippen LogP contribution in [0.4, 0.5) is 4.39 Å². The van der Waals surface area contributed by atoms with Crippen LogP contribution in [0.25, 0.3) is 0 Å². The van der Waals surface area contributed by atoms with Crippen LogP contribution in [-0.4, -0.2) is 49.4 Å². The summed E-state index contributed by atoms with van der Waals surface area (Å²) in [7, 11) is 0. The van der Waals surface area contributed by atoms with E-state index in [0.29, 0.717) is 6.54 Å². The third-order valence-corrected chi connectivity index (χ3v) is 3.95. The Kier molecular flexibility index (Phi) is 7.00. The predicted molar refractivity (Wildman–Crippen MR) is 86.7 cm³/mol. The molecule has 1 saturated heterocycles. The van der Waals surface area contributed by atoms with Crippen molar-refractivity contribution in [2.45, 2.75) is 25.7 Å². The van der Waals surface area contributed by atoms with E-state index in [1.54, 1.807) is 6.07 Å². The smallest absolute Gasteiger partial charge is 0.254 e. The number of rotatable bonds is 7. The second-order valence-electron chi connectivity index (χ2n) is 5.77. The highest BCUT2D eigenvalue weighted by molar-refractivity contribution is 5.96. The minimum absolute atomic E-state index is 0.0506. The van der Waals surface area contributed by atoms with Crippen molar-refractivity contribution in [3.05, 3.63) is 35.6 Å². The van der Waals surface area contributed by atoms with Gasteiger partial charge in [-0.25, -0.2) is 4.39 Å². The van der Waals surface area contributed by atoms with Gasteiger partial charge in [-0.05, 0) is 51.0 Å². The van der Waals surface area contributed by atoms with E-state index in [9.17, 15) is 14.0 Å². The Morgan fingerprint density at radius 1 is 1.09 bits per heavy atom. The van der Waals surface area contributed by atoms with Crippen molar-refractivity contribution >= 4 is 11.8 Å². The molecule has 0 radical (unpaired) electrons. The molecule has 0 bridgehead atoms. The fourth-order valence-corrected chi connectivity index (χ4v) is 2.68.